The third-order valence-electron chi connectivity index (χ3n) is 14.7. The fourth-order valence-corrected chi connectivity index (χ4v) is 10.9. The van der Waals surface area contributed by atoms with Gasteiger partial charge in [0, 0.05) is 52.0 Å². The van der Waals surface area contributed by atoms with Gasteiger partial charge in [0.25, 0.3) is 0 Å². The second-order valence-electron chi connectivity index (χ2n) is 19.5. The Morgan fingerprint density at radius 3 is 0.595 bits per heavy atom. The van der Waals surface area contributed by atoms with Crippen LogP contribution in [0.1, 0.15) is 7.43 Å². The maximum atomic E-state index is 5.17. The molecule has 0 aliphatic heterocycles. The zero-order chi connectivity index (χ0) is 52.0. The molecule has 13 rings (SSSR count). The summed E-state index contributed by atoms with van der Waals surface area (Å²) in [6, 6.07) is 104. The lowest BCUT2D eigenvalue weighted by atomic mass is 9.84. The molecule has 0 unspecified atom stereocenters. The Morgan fingerprint density at radius 2 is 0.354 bits per heavy atom. The Labute approximate surface area is 463 Å². The van der Waals surface area contributed by atoms with Gasteiger partial charge in [-0.25, -0.2) is 0 Å². The minimum absolute atomic E-state index is 0. The normalized spacial score (nSPS) is 10.9. The maximum Gasteiger partial charge on any atom is 0.0708 e. The van der Waals surface area contributed by atoms with E-state index in [-0.39, 0.29) is 7.43 Å². The van der Waals surface area contributed by atoms with E-state index in [2.05, 4.69) is 292 Å². The van der Waals surface area contributed by atoms with Crippen molar-refractivity contribution in [3.05, 3.63) is 310 Å². The summed E-state index contributed by atoms with van der Waals surface area (Å²) < 4.78 is 0. The Morgan fingerprint density at radius 1 is 0.152 bits per heavy atom. The quantitative estimate of drug-likeness (QED) is 0.122. The van der Waals surface area contributed by atoms with Crippen LogP contribution in [0.2, 0.25) is 0 Å². The van der Waals surface area contributed by atoms with E-state index >= 15 is 0 Å². The molecule has 3 aromatic heterocycles. The molecule has 3 heterocycles. The molecular formula is C76H55N3. The van der Waals surface area contributed by atoms with E-state index < -0.39 is 0 Å². The zero-order valence-electron chi connectivity index (χ0n) is 42.8. The van der Waals surface area contributed by atoms with Gasteiger partial charge in [0.1, 0.15) is 0 Å². The molecule has 0 bridgehead atoms. The van der Waals surface area contributed by atoms with Crippen molar-refractivity contribution in [2.45, 2.75) is 7.43 Å². The van der Waals surface area contributed by atoms with Gasteiger partial charge < -0.3 is 0 Å². The summed E-state index contributed by atoms with van der Waals surface area (Å²) in [4.78, 5) is 15.5. The van der Waals surface area contributed by atoms with E-state index in [0.717, 1.165) is 134 Å². The molecule has 0 aliphatic rings. The van der Waals surface area contributed by atoms with Crippen LogP contribution in [-0.4, -0.2) is 15.0 Å². The highest BCUT2D eigenvalue weighted by molar-refractivity contribution is 5.99. The van der Waals surface area contributed by atoms with E-state index in [0.29, 0.717) is 0 Å². The van der Waals surface area contributed by atoms with Gasteiger partial charge in [-0.15, -0.1) is 0 Å². The highest BCUT2D eigenvalue weighted by Crippen LogP contribution is 2.47. The molecule has 3 heteroatoms. The first-order valence-corrected chi connectivity index (χ1v) is 26.5. The van der Waals surface area contributed by atoms with Crippen molar-refractivity contribution in [2.24, 2.45) is 0 Å². The third kappa shape index (κ3) is 10.1. The molecule has 0 N–H and O–H groups in total. The van der Waals surface area contributed by atoms with Crippen molar-refractivity contribution in [1.82, 2.24) is 15.0 Å². The topological polar surface area (TPSA) is 38.7 Å². The van der Waals surface area contributed by atoms with Crippen LogP contribution in [0.4, 0.5) is 0 Å². The molecule has 0 spiro atoms. The van der Waals surface area contributed by atoms with Gasteiger partial charge in [0.05, 0.1) is 17.1 Å². The molecule has 0 atom stereocenters. The molecule has 10 aromatic carbocycles. The summed E-state index contributed by atoms with van der Waals surface area (Å²) in [6.45, 7) is 0. The Kier molecular flexibility index (Phi) is 14.1. The van der Waals surface area contributed by atoms with Gasteiger partial charge in [-0.2, -0.15) is 0 Å². The van der Waals surface area contributed by atoms with Crippen LogP contribution in [0.15, 0.2) is 310 Å². The second-order valence-corrected chi connectivity index (χ2v) is 19.5. The zero-order valence-corrected chi connectivity index (χ0v) is 42.8. The summed E-state index contributed by atoms with van der Waals surface area (Å²) in [7, 11) is 0. The second kappa shape index (κ2) is 22.5. The summed E-state index contributed by atoms with van der Waals surface area (Å²) in [5.41, 5.74) is 25.7. The minimum atomic E-state index is 0. The molecule has 0 aliphatic carbocycles. The number of rotatable bonds is 12. The standard InChI is InChI=1S/C75H51N3.CH4/c1-7-25-52(26-8-1)67-46-73(55-31-13-4-14-32-55)76-49-70(67)64-40-22-19-37-61(64)58-43-59(62-38-20-23-41-65(62)71-50-77-74(56-33-15-5-16-34-56)47-68(71)53-27-9-2-10-28-53)45-60(44-58)63-39-21-24-42-66(63)72-51-78-75(57-35-17-6-18-36-57)48-69(72)54-29-11-3-12-30-54;/h1-51H;1H4. The Bertz CT molecular complexity index is 3770. The van der Waals surface area contributed by atoms with Crippen molar-refractivity contribution in [3.8, 4) is 134 Å². The summed E-state index contributed by atoms with van der Waals surface area (Å²) in [6.07, 6.45) is 6.19. The fraction of sp³-hybridized carbons (Fsp3) is 0.0132. The van der Waals surface area contributed by atoms with Gasteiger partial charge in [-0.1, -0.05) is 262 Å². The van der Waals surface area contributed by atoms with E-state index in [1.165, 1.54) is 0 Å². The van der Waals surface area contributed by atoms with Crippen LogP contribution in [0, 0.1) is 0 Å². The van der Waals surface area contributed by atoms with Crippen LogP contribution in [0.5, 0.6) is 0 Å². The highest BCUT2D eigenvalue weighted by Gasteiger charge is 2.22. The van der Waals surface area contributed by atoms with Crippen LogP contribution in [0.3, 0.4) is 0 Å². The smallest absolute Gasteiger partial charge is 0.0708 e. The highest BCUT2D eigenvalue weighted by atomic mass is 14.7. The lowest BCUT2D eigenvalue weighted by Crippen LogP contribution is -1.96. The number of nitrogens with zero attached hydrogens (tertiary/aromatic N) is 3. The number of hydrogen-bond acceptors (Lipinski definition) is 3. The predicted octanol–water partition coefficient (Wildman–Crippen LogP) is 20.5. The number of pyridine rings is 3. The third-order valence-corrected chi connectivity index (χ3v) is 14.7. The molecular weight excluding hydrogens is 955 g/mol. The van der Waals surface area contributed by atoms with Gasteiger partial charge in [-0.05, 0) is 120 Å². The lowest BCUT2D eigenvalue weighted by Gasteiger charge is -2.20. The Balaban J connectivity index is 0.00000623. The average Bonchev–Trinajstić information content (AvgIpc) is 3.58. The number of aromatic nitrogens is 3. The van der Waals surface area contributed by atoms with Crippen LogP contribution in [0.25, 0.3) is 134 Å². The van der Waals surface area contributed by atoms with Crippen molar-refractivity contribution in [3.63, 3.8) is 0 Å². The van der Waals surface area contributed by atoms with E-state index in [9.17, 15) is 0 Å². The molecule has 0 saturated carbocycles. The van der Waals surface area contributed by atoms with E-state index in [4.69, 9.17) is 15.0 Å². The van der Waals surface area contributed by atoms with E-state index in [1.807, 2.05) is 18.2 Å². The average molecular weight is 1010 g/mol. The molecule has 13 aromatic rings. The summed E-state index contributed by atoms with van der Waals surface area (Å²) in [5, 5.41) is 0. The molecule has 79 heavy (non-hydrogen) atoms. The fourth-order valence-electron chi connectivity index (χ4n) is 10.9. The monoisotopic (exact) mass is 1010 g/mol. The van der Waals surface area contributed by atoms with Crippen molar-refractivity contribution in [1.29, 1.82) is 0 Å². The van der Waals surface area contributed by atoms with Crippen molar-refractivity contribution >= 4 is 0 Å². The first-order valence-electron chi connectivity index (χ1n) is 26.5. The van der Waals surface area contributed by atoms with Crippen LogP contribution in [-0.2, 0) is 0 Å². The molecule has 0 amide bonds. The predicted molar refractivity (Wildman–Crippen MR) is 332 cm³/mol. The molecule has 0 radical (unpaired) electrons. The largest absolute Gasteiger partial charge is 0.256 e. The molecule has 0 fully saturated rings. The van der Waals surface area contributed by atoms with E-state index in [1.54, 1.807) is 0 Å². The molecule has 374 valence electrons. The molecule has 3 nitrogen and oxygen atoms in total. The SMILES string of the molecule is C.c1ccc(-c2cc(-c3ccccc3)c(-c3ccccc3-c3cc(-c4ccccc4-c4cnc(-c5ccccc5)cc4-c4ccccc4)cc(-c4ccccc4-c4cnc(-c5ccccc5)cc4-c4ccccc4)c3)cn2)cc1. The van der Waals surface area contributed by atoms with Crippen molar-refractivity contribution < 1.29 is 0 Å². The van der Waals surface area contributed by atoms with Gasteiger partial charge >= 0.3 is 0 Å². The first kappa shape index (κ1) is 49.5. The van der Waals surface area contributed by atoms with Crippen LogP contribution < -0.4 is 0 Å². The van der Waals surface area contributed by atoms with Gasteiger partial charge in [0.15, 0.2) is 0 Å². The lowest BCUT2D eigenvalue weighted by molar-refractivity contribution is 1.32. The van der Waals surface area contributed by atoms with Gasteiger partial charge in [0.2, 0.25) is 0 Å². The summed E-state index contributed by atoms with van der Waals surface area (Å²) in [5.74, 6) is 0. The molecule has 0 saturated heterocycles. The minimum Gasteiger partial charge on any atom is -0.256 e. The van der Waals surface area contributed by atoms with Crippen molar-refractivity contribution in [2.75, 3.05) is 0 Å². The number of benzene rings is 10. The van der Waals surface area contributed by atoms with Crippen LogP contribution >= 0.6 is 0 Å². The summed E-state index contributed by atoms with van der Waals surface area (Å²) >= 11 is 0. The number of hydrogen-bond donors (Lipinski definition) is 0. The Hall–Kier alpha value is -10.4. The van der Waals surface area contributed by atoms with Gasteiger partial charge in [-0.3, -0.25) is 15.0 Å². The first-order chi connectivity index (χ1) is 38.7. The maximum absolute atomic E-state index is 5.17.